The minimum absolute atomic E-state index is 0.471. The molecular formula is C8H18N2O3S. The van der Waals surface area contributed by atoms with Crippen LogP contribution >= 0.6 is 0 Å². The zero-order valence-corrected chi connectivity index (χ0v) is 9.59. The third kappa shape index (κ3) is 2.44. The Morgan fingerprint density at radius 3 is 2.36 bits per heavy atom. The van der Waals surface area contributed by atoms with Gasteiger partial charge in [-0.3, -0.25) is 4.84 Å². The lowest BCUT2D eigenvalue weighted by Crippen LogP contribution is -2.45. The standard InChI is InChI=1S/C8H18N2O3S/c1-3-9(4-2)14(11,12)10-7-5-6-8-13-10/h3-8H2,1-2H3. The van der Waals surface area contributed by atoms with E-state index in [0.717, 1.165) is 17.3 Å². The van der Waals surface area contributed by atoms with Crippen molar-refractivity contribution >= 4 is 10.2 Å². The molecule has 14 heavy (non-hydrogen) atoms. The van der Waals surface area contributed by atoms with Crippen LogP contribution in [0.4, 0.5) is 0 Å². The quantitative estimate of drug-likeness (QED) is 0.700. The Labute approximate surface area is 85.8 Å². The molecule has 0 aliphatic carbocycles. The number of nitrogens with zero attached hydrogens (tertiary/aromatic N) is 2. The van der Waals surface area contributed by atoms with E-state index in [0.29, 0.717) is 26.2 Å². The molecule has 0 bridgehead atoms. The molecule has 5 nitrogen and oxygen atoms in total. The first-order valence-electron chi connectivity index (χ1n) is 5.03. The summed E-state index contributed by atoms with van der Waals surface area (Å²) >= 11 is 0. The Morgan fingerprint density at radius 1 is 1.29 bits per heavy atom. The van der Waals surface area contributed by atoms with Crippen molar-refractivity contribution in [2.75, 3.05) is 26.2 Å². The minimum atomic E-state index is -3.38. The molecule has 0 radical (unpaired) electrons. The van der Waals surface area contributed by atoms with Gasteiger partial charge in [0.05, 0.1) is 6.61 Å². The van der Waals surface area contributed by atoms with Gasteiger partial charge >= 0.3 is 10.2 Å². The van der Waals surface area contributed by atoms with E-state index < -0.39 is 10.2 Å². The van der Waals surface area contributed by atoms with Crippen molar-refractivity contribution < 1.29 is 13.3 Å². The zero-order valence-electron chi connectivity index (χ0n) is 8.77. The first-order chi connectivity index (χ1) is 6.62. The second kappa shape index (κ2) is 5.06. The fraction of sp³-hybridized carbons (Fsp3) is 1.00. The van der Waals surface area contributed by atoms with Crippen LogP contribution in [0.25, 0.3) is 0 Å². The third-order valence-electron chi connectivity index (χ3n) is 2.26. The maximum Gasteiger partial charge on any atom is 0.304 e. The maximum absolute atomic E-state index is 11.9. The van der Waals surface area contributed by atoms with Gasteiger partial charge in [0.25, 0.3) is 0 Å². The molecule has 0 N–H and O–H groups in total. The molecule has 0 amide bonds. The molecule has 1 rings (SSSR count). The average Bonchev–Trinajstić information content (AvgIpc) is 2.20. The van der Waals surface area contributed by atoms with Gasteiger partial charge < -0.3 is 0 Å². The van der Waals surface area contributed by atoms with Crippen molar-refractivity contribution in [1.82, 2.24) is 8.77 Å². The summed E-state index contributed by atoms with van der Waals surface area (Å²) < 4.78 is 26.3. The van der Waals surface area contributed by atoms with Crippen LogP contribution in [0.5, 0.6) is 0 Å². The van der Waals surface area contributed by atoms with Crippen molar-refractivity contribution in [3.05, 3.63) is 0 Å². The minimum Gasteiger partial charge on any atom is -0.283 e. The summed E-state index contributed by atoms with van der Waals surface area (Å²) in [5.74, 6) is 0. The SMILES string of the molecule is CCN(CC)S(=O)(=O)N1CCCCO1. The van der Waals surface area contributed by atoms with Crippen LogP contribution in [0.1, 0.15) is 26.7 Å². The molecule has 0 aromatic carbocycles. The summed E-state index contributed by atoms with van der Waals surface area (Å²) in [7, 11) is -3.38. The number of hydrogen-bond acceptors (Lipinski definition) is 3. The van der Waals surface area contributed by atoms with E-state index in [9.17, 15) is 8.42 Å². The van der Waals surface area contributed by atoms with Gasteiger partial charge in [0.2, 0.25) is 0 Å². The Bertz CT molecular complexity index is 256. The van der Waals surface area contributed by atoms with E-state index in [1.54, 1.807) is 0 Å². The summed E-state index contributed by atoms with van der Waals surface area (Å²) in [5.41, 5.74) is 0. The summed E-state index contributed by atoms with van der Waals surface area (Å²) in [5, 5.41) is 0. The van der Waals surface area contributed by atoms with Crippen LogP contribution in [0.2, 0.25) is 0 Å². The molecule has 0 spiro atoms. The topological polar surface area (TPSA) is 49.9 Å². The molecule has 1 fully saturated rings. The first-order valence-corrected chi connectivity index (χ1v) is 6.43. The molecule has 84 valence electrons. The van der Waals surface area contributed by atoms with Crippen LogP contribution in [0, 0.1) is 0 Å². The summed E-state index contributed by atoms with van der Waals surface area (Å²) in [6, 6.07) is 0. The van der Waals surface area contributed by atoms with E-state index in [-0.39, 0.29) is 0 Å². The summed E-state index contributed by atoms with van der Waals surface area (Å²) in [6.45, 7) is 5.59. The van der Waals surface area contributed by atoms with E-state index in [1.807, 2.05) is 13.8 Å². The average molecular weight is 222 g/mol. The molecule has 1 heterocycles. The van der Waals surface area contributed by atoms with Crippen molar-refractivity contribution in [3.8, 4) is 0 Å². The van der Waals surface area contributed by atoms with Gasteiger partial charge in [-0.15, -0.1) is 0 Å². The smallest absolute Gasteiger partial charge is 0.283 e. The summed E-state index contributed by atoms with van der Waals surface area (Å²) in [4.78, 5) is 5.13. The van der Waals surface area contributed by atoms with Crippen molar-refractivity contribution in [1.29, 1.82) is 0 Å². The Morgan fingerprint density at radius 2 is 1.93 bits per heavy atom. The van der Waals surface area contributed by atoms with Crippen LogP contribution in [0.15, 0.2) is 0 Å². The van der Waals surface area contributed by atoms with Gasteiger partial charge in [0, 0.05) is 19.6 Å². The fourth-order valence-electron chi connectivity index (χ4n) is 1.43. The van der Waals surface area contributed by atoms with E-state index in [1.165, 1.54) is 4.31 Å². The van der Waals surface area contributed by atoms with Crippen molar-refractivity contribution in [2.45, 2.75) is 26.7 Å². The normalized spacial score (nSPS) is 20.2. The van der Waals surface area contributed by atoms with Gasteiger partial charge in [0.15, 0.2) is 0 Å². The van der Waals surface area contributed by atoms with Crippen molar-refractivity contribution in [2.24, 2.45) is 0 Å². The second-order valence-corrected chi connectivity index (χ2v) is 4.98. The van der Waals surface area contributed by atoms with E-state index >= 15 is 0 Å². The first kappa shape index (κ1) is 11.9. The number of hydrogen-bond donors (Lipinski definition) is 0. The Balaban J connectivity index is 2.71. The molecule has 1 aliphatic heterocycles. The lowest BCUT2D eigenvalue weighted by atomic mass is 10.3. The van der Waals surface area contributed by atoms with Gasteiger partial charge in [-0.25, -0.2) is 0 Å². The molecule has 6 heteroatoms. The Kier molecular flexibility index (Phi) is 4.31. The number of rotatable bonds is 4. The predicted octanol–water partition coefficient (Wildman–Crippen LogP) is 0.600. The van der Waals surface area contributed by atoms with Crippen molar-refractivity contribution in [3.63, 3.8) is 0 Å². The highest BCUT2D eigenvalue weighted by Gasteiger charge is 2.29. The molecule has 0 unspecified atom stereocenters. The fourth-order valence-corrected chi connectivity index (χ4v) is 2.91. The largest absolute Gasteiger partial charge is 0.304 e. The van der Waals surface area contributed by atoms with Gasteiger partial charge in [-0.2, -0.15) is 12.7 Å². The van der Waals surface area contributed by atoms with Crippen LogP contribution in [0.3, 0.4) is 0 Å². The van der Waals surface area contributed by atoms with Crippen LogP contribution < -0.4 is 0 Å². The van der Waals surface area contributed by atoms with Gasteiger partial charge in [0.1, 0.15) is 0 Å². The molecule has 1 saturated heterocycles. The molecular weight excluding hydrogens is 204 g/mol. The highest BCUT2D eigenvalue weighted by Crippen LogP contribution is 2.14. The highest BCUT2D eigenvalue weighted by atomic mass is 32.2. The van der Waals surface area contributed by atoms with E-state index in [2.05, 4.69) is 0 Å². The second-order valence-electron chi connectivity index (χ2n) is 3.16. The molecule has 0 aromatic heterocycles. The van der Waals surface area contributed by atoms with Gasteiger partial charge in [-0.1, -0.05) is 18.3 Å². The maximum atomic E-state index is 11.9. The van der Waals surface area contributed by atoms with Gasteiger partial charge in [-0.05, 0) is 12.8 Å². The monoisotopic (exact) mass is 222 g/mol. The molecule has 1 aliphatic rings. The lowest BCUT2D eigenvalue weighted by Gasteiger charge is -2.30. The predicted molar refractivity (Wildman–Crippen MR) is 53.7 cm³/mol. The lowest BCUT2D eigenvalue weighted by molar-refractivity contribution is -0.112. The number of hydroxylamine groups is 1. The Hall–Kier alpha value is -0.170. The van der Waals surface area contributed by atoms with Crippen LogP contribution in [-0.4, -0.2) is 43.4 Å². The highest BCUT2D eigenvalue weighted by molar-refractivity contribution is 7.86. The molecule has 0 atom stereocenters. The molecule has 0 saturated carbocycles. The van der Waals surface area contributed by atoms with Crippen LogP contribution in [-0.2, 0) is 15.0 Å². The zero-order chi connectivity index (χ0) is 10.6. The summed E-state index contributed by atoms with van der Waals surface area (Å²) in [6.07, 6.45) is 1.81. The van der Waals surface area contributed by atoms with E-state index in [4.69, 9.17) is 4.84 Å². The third-order valence-corrected chi connectivity index (χ3v) is 4.23. The molecule has 0 aromatic rings.